The molecule has 4 rings (SSSR count). The van der Waals surface area contributed by atoms with Crippen molar-refractivity contribution in [3.8, 4) is 0 Å². The summed E-state index contributed by atoms with van der Waals surface area (Å²) in [4.78, 5) is 48.9. The zero-order valence-electron chi connectivity index (χ0n) is 32.2. The van der Waals surface area contributed by atoms with Crippen molar-refractivity contribution in [2.45, 2.75) is 123 Å². The van der Waals surface area contributed by atoms with Crippen LogP contribution in [0.3, 0.4) is 0 Å². The van der Waals surface area contributed by atoms with E-state index in [-0.39, 0.29) is 37.6 Å². The number of likely N-dealkylation sites (N-methyl/N-ethyl adjacent to an activating group) is 1. The molecule has 11 nitrogen and oxygen atoms in total. The molecule has 13 atom stereocenters. The molecule has 0 aromatic carbocycles. The van der Waals surface area contributed by atoms with Crippen molar-refractivity contribution in [2.24, 2.45) is 29.6 Å². The van der Waals surface area contributed by atoms with Crippen molar-refractivity contribution in [2.75, 3.05) is 27.3 Å². The van der Waals surface area contributed by atoms with E-state index in [4.69, 9.17) is 23.7 Å². The predicted molar refractivity (Wildman–Crippen MR) is 193 cm³/mol. The maximum Gasteiger partial charge on any atom is 0.316 e. The van der Waals surface area contributed by atoms with Gasteiger partial charge >= 0.3 is 5.97 Å². The zero-order chi connectivity index (χ0) is 37.8. The van der Waals surface area contributed by atoms with Crippen LogP contribution in [0.1, 0.15) is 80.3 Å². The highest BCUT2D eigenvalue weighted by Crippen LogP contribution is 2.46. The molecule has 0 bridgehead atoms. The van der Waals surface area contributed by atoms with Crippen LogP contribution in [0.5, 0.6) is 0 Å². The first-order chi connectivity index (χ1) is 23.9. The number of Topliss-reactive ketones (excluding diaryl/α,β-unsaturated/α-hetero) is 2. The van der Waals surface area contributed by atoms with Crippen molar-refractivity contribution in [3.05, 3.63) is 48.3 Å². The summed E-state index contributed by atoms with van der Waals surface area (Å²) in [5, 5.41) is 11.5. The van der Waals surface area contributed by atoms with Crippen LogP contribution in [0.25, 0.3) is 6.08 Å². The number of ether oxygens (including phenoxy) is 5. The number of nitrogens with zero attached hydrogens (tertiary/aromatic N) is 2. The molecule has 4 heterocycles. The zero-order valence-corrected chi connectivity index (χ0v) is 32.2. The average Bonchev–Trinajstić information content (AvgIpc) is 3.41. The molecule has 1 N–H and O–H groups in total. The van der Waals surface area contributed by atoms with Gasteiger partial charge in [-0.2, -0.15) is 0 Å². The molecule has 284 valence electrons. The standard InChI is InChI=1S/C40H60N2O9/c1-12-31-40(9)32(24(3)22-48-40)26(5)33(43)23(2)21-39(8,47-19-15-17-29-16-13-14-18-41-29)36(27(6)34(44)28(7)37(46)50-31)51-38-35(45)30(42(10)11)20-25(4)49-38/h13-18,23,25-28,30-32,35-36,38,45H,3,12,19-22H2,1-2,4-11H3/b17-15-/t23-,25-,26?,27+,28?,30+,31-,32+,35-,36-,38+,39-,40-/m1/s1. The highest BCUT2D eigenvalue weighted by Gasteiger charge is 2.55. The quantitative estimate of drug-likeness (QED) is 0.221. The number of aliphatic hydroxyl groups excluding tert-OH is 1. The van der Waals surface area contributed by atoms with Gasteiger partial charge in [0.2, 0.25) is 0 Å². The molecule has 0 aliphatic carbocycles. The number of carbonyl (C=O) groups excluding carboxylic acids is 3. The van der Waals surface area contributed by atoms with Crippen LogP contribution in [0, 0.1) is 29.6 Å². The molecule has 3 fully saturated rings. The van der Waals surface area contributed by atoms with E-state index in [1.165, 1.54) is 0 Å². The van der Waals surface area contributed by atoms with Crippen LogP contribution >= 0.6 is 0 Å². The fourth-order valence-corrected chi connectivity index (χ4v) is 8.53. The van der Waals surface area contributed by atoms with Crippen LogP contribution in [0.4, 0.5) is 0 Å². The minimum Gasteiger partial charge on any atom is -0.459 e. The fraction of sp³-hybridized carbons (Fsp3) is 0.700. The third-order valence-electron chi connectivity index (χ3n) is 11.4. The fourth-order valence-electron chi connectivity index (χ4n) is 8.53. The Morgan fingerprint density at radius 2 is 1.78 bits per heavy atom. The van der Waals surface area contributed by atoms with Gasteiger partial charge in [-0.25, -0.2) is 0 Å². The van der Waals surface area contributed by atoms with Crippen LogP contribution < -0.4 is 0 Å². The van der Waals surface area contributed by atoms with E-state index >= 15 is 0 Å². The molecular weight excluding hydrogens is 652 g/mol. The number of pyridine rings is 1. The van der Waals surface area contributed by atoms with Gasteiger partial charge in [-0.3, -0.25) is 19.4 Å². The first-order valence-corrected chi connectivity index (χ1v) is 18.4. The number of hydrogen-bond acceptors (Lipinski definition) is 11. The van der Waals surface area contributed by atoms with Gasteiger partial charge in [-0.05, 0) is 84.8 Å². The summed E-state index contributed by atoms with van der Waals surface area (Å²) in [6.45, 7) is 19.1. The maximum atomic E-state index is 14.5. The lowest BCUT2D eigenvalue weighted by Gasteiger charge is -2.47. The van der Waals surface area contributed by atoms with Crippen molar-refractivity contribution < 1.29 is 43.2 Å². The van der Waals surface area contributed by atoms with E-state index in [0.29, 0.717) is 12.8 Å². The molecule has 1 aromatic heterocycles. The summed E-state index contributed by atoms with van der Waals surface area (Å²) < 4.78 is 32.0. The lowest BCUT2D eigenvalue weighted by molar-refractivity contribution is -0.296. The second-order valence-electron chi connectivity index (χ2n) is 15.6. The summed E-state index contributed by atoms with van der Waals surface area (Å²) in [7, 11) is 3.77. The molecule has 0 radical (unpaired) electrons. The van der Waals surface area contributed by atoms with Gasteiger partial charge in [0.1, 0.15) is 29.5 Å². The van der Waals surface area contributed by atoms with E-state index in [2.05, 4.69) is 11.6 Å². The Bertz CT molecular complexity index is 1420. The number of fused-ring (bicyclic) bond motifs is 1. The van der Waals surface area contributed by atoms with Gasteiger partial charge in [0, 0.05) is 35.9 Å². The number of rotatable bonds is 8. The summed E-state index contributed by atoms with van der Waals surface area (Å²) >= 11 is 0. The Morgan fingerprint density at radius 1 is 1.08 bits per heavy atom. The molecular formula is C40H60N2O9. The van der Waals surface area contributed by atoms with Gasteiger partial charge in [0.25, 0.3) is 0 Å². The molecule has 2 unspecified atom stereocenters. The number of esters is 1. The molecule has 0 spiro atoms. The molecule has 0 amide bonds. The van der Waals surface area contributed by atoms with Gasteiger partial charge in [0.05, 0.1) is 36.7 Å². The molecule has 1 aromatic rings. The first-order valence-electron chi connectivity index (χ1n) is 18.4. The summed E-state index contributed by atoms with van der Waals surface area (Å²) in [5.74, 6) is -4.70. The summed E-state index contributed by atoms with van der Waals surface area (Å²) in [6, 6.07) is 5.33. The van der Waals surface area contributed by atoms with E-state index in [1.807, 2.05) is 90.9 Å². The molecule has 3 aliphatic rings. The number of carbonyl (C=O) groups is 3. The third-order valence-corrected chi connectivity index (χ3v) is 11.4. The van der Waals surface area contributed by atoms with Crippen LogP contribution in [-0.4, -0.2) is 108 Å². The lowest BCUT2D eigenvalue weighted by atomic mass is 9.69. The Hall–Kier alpha value is -2.80. The molecule has 0 saturated carbocycles. The molecule has 3 saturated heterocycles. The third kappa shape index (κ3) is 8.88. The summed E-state index contributed by atoms with van der Waals surface area (Å²) in [5.41, 5.74) is -0.780. The van der Waals surface area contributed by atoms with Crippen LogP contribution in [-0.2, 0) is 38.1 Å². The van der Waals surface area contributed by atoms with Gasteiger partial charge in [-0.15, -0.1) is 0 Å². The number of aliphatic hydroxyl groups is 1. The van der Waals surface area contributed by atoms with Crippen molar-refractivity contribution in [3.63, 3.8) is 0 Å². The van der Waals surface area contributed by atoms with Gasteiger partial charge in [0.15, 0.2) is 12.1 Å². The Balaban J connectivity index is 1.81. The van der Waals surface area contributed by atoms with E-state index in [0.717, 1.165) is 11.3 Å². The first kappa shape index (κ1) is 41.0. The molecule has 3 aliphatic heterocycles. The number of aromatic nitrogens is 1. The van der Waals surface area contributed by atoms with Gasteiger partial charge < -0.3 is 33.7 Å². The highest BCUT2D eigenvalue weighted by molar-refractivity contribution is 6.00. The minimum absolute atomic E-state index is 0.0312. The van der Waals surface area contributed by atoms with Gasteiger partial charge in [-0.1, -0.05) is 46.4 Å². The predicted octanol–water partition coefficient (Wildman–Crippen LogP) is 5.05. The average molecular weight is 713 g/mol. The highest BCUT2D eigenvalue weighted by atomic mass is 16.7. The van der Waals surface area contributed by atoms with Crippen LogP contribution in [0.15, 0.2) is 42.6 Å². The molecule has 11 heteroatoms. The Kier molecular flexibility index (Phi) is 13.6. The van der Waals surface area contributed by atoms with E-state index < -0.39 is 77.1 Å². The smallest absolute Gasteiger partial charge is 0.316 e. The molecule has 51 heavy (non-hydrogen) atoms. The SMILES string of the molecule is C=C1CO[C@]2(C)[C@@H](CC)OC(=O)C(C)C(=O)[C@H](C)[C@@H](O[C@@H]3O[C@H](C)C[C@H](N(C)C)[C@H]3O)[C@](C)(OC/C=C\c3ccccn3)C[C@@H](C)C(=O)C(C)[C@H]12. The van der Waals surface area contributed by atoms with Crippen molar-refractivity contribution >= 4 is 23.6 Å². The van der Waals surface area contributed by atoms with Crippen molar-refractivity contribution in [1.82, 2.24) is 9.88 Å². The Labute approximate surface area is 304 Å². The number of cyclic esters (lactones) is 1. The van der Waals surface area contributed by atoms with E-state index in [1.54, 1.807) is 20.0 Å². The monoisotopic (exact) mass is 712 g/mol. The number of hydrogen-bond donors (Lipinski definition) is 1. The normalized spacial score (nSPS) is 40.4. The van der Waals surface area contributed by atoms with Crippen LogP contribution in [0.2, 0.25) is 0 Å². The van der Waals surface area contributed by atoms with Crippen molar-refractivity contribution in [1.29, 1.82) is 0 Å². The summed E-state index contributed by atoms with van der Waals surface area (Å²) in [6.07, 6.45) is 2.39. The number of ketones is 2. The lowest BCUT2D eigenvalue weighted by Crippen LogP contribution is -2.59. The topological polar surface area (TPSA) is 134 Å². The maximum absolute atomic E-state index is 14.5. The largest absolute Gasteiger partial charge is 0.459 e. The second-order valence-corrected chi connectivity index (χ2v) is 15.6. The second kappa shape index (κ2) is 16.9. The minimum atomic E-state index is -1.28. The Morgan fingerprint density at radius 3 is 2.41 bits per heavy atom. The van der Waals surface area contributed by atoms with E-state index in [9.17, 15) is 19.5 Å².